The molecule has 2 aromatic carbocycles. The van der Waals surface area contributed by atoms with E-state index < -0.39 is 16.0 Å². The summed E-state index contributed by atoms with van der Waals surface area (Å²) in [5.41, 5.74) is 0.606. The Bertz CT molecular complexity index is 978. The van der Waals surface area contributed by atoms with Crippen LogP contribution in [0.15, 0.2) is 47.4 Å². The van der Waals surface area contributed by atoms with Crippen LogP contribution in [0, 0.1) is 0 Å². The fourth-order valence-electron chi connectivity index (χ4n) is 3.02. The van der Waals surface area contributed by atoms with Gasteiger partial charge in [-0.15, -0.1) is 0 Å². The van der Waals surface area contributed by atoms with Gasteiger partial charge < -0.3 is 14.8 Å². The second-order valence-corrected chi connectivity index (χ2v) is 9.52. The van der Waals surface area contributed by atoms with Gasteiger partial charge in [-0.3, -0.25) is 0 Å². The molecule has 8 heteroatoms. The Balaban J connectivity index is 2.56. The number of rotatable bonds is 15. The zero-order valence-corrected chi connectivity index (χ0v) is 20.7. The summed E-state index contributed by atoms with van der Waals surface area (Å²) in [6.07, 6.45) is 5.03. The number of carbonyl (C=O) groups excluding carboxylic acids is 1. The lowest BCUT2D eigenvalue weighted by atomic mass is 10.1. The van der Waals surface area contributed by atoms with Crippen LogP contribution in [0.5, 0.6) is 11.5 Å². The van der Waals surface area contributed by atoms with Crippen molar-refractivity contribution in [1.82, 2.24) is 4.72 Å². The molecule has 0 heterocycles. The summed E-state index contributed by atoms with van der Waals surface area (Å²) in [4.78, 5) is 12.6. The number of hydrogen-bond donors (Lipinski definition) is 2. The maximum Gasteiger partial charge on any atom is 0.338 e. The predicted octanol–water partition coefficient (Wildman–Crippen LogP) is 5.73. The van der Waals surface area contributed by atoms with E-state index in [1.807, 2.05) is 32.0 Å². The highest BCUT2D eigenvalue weighted by atomic mass is 32.2. The molecule has 2 aromatic rings. The van der Waals surface area contributed by atoms with Crippen LogP contribution in [-0.2, 0) is 14.8 Å². The van der Waals surface area contributed by atoms with E-state index in [2.05, 4.69) is 17.0 Å². The van der Waals surface area contributed by atoms with Crippen molar-refractivity contribution in [3.8, 4) is 11.5 Å². The van der Waals surface area contributed by atoms with Crippen molar-refractivity contribution in [3.05, 3.63) is 48.0 Å². The fourth-order valence-corrected chi connectivity index (χ4v) is 4.26. The molecule has 7 nitrogen and oxygen atoms in total. The molecule has 0 aliphatic rings. The first-order valence-corrected chi connectivity index (χ1v) is 13.2. The normalized spacial score (nSPS) is 11.2. The van der Waals surface area contributed by atoms with E-state index in [1.54, 1.807) is 18.2 Å². The second-order valence-electron chi connectivity index (χ2n) is 7.79. The molecule has 2 N–H and O–H groups in total. The van der Waals surface area contributed by atoms with Crippen molar-refractivity contribution in [2.45, 2.75) is 64.2 Å². The molecule has 0 aromatic heterocycles. The van der Waals surface area contributed by atoms with Gasteiger partial charge in [0.1, 0.15) is 10.6 Å². The van der Waals surface area contributed by atoms with E-state index in [4.69, 9.17) is 9.47 Å². The number of para-hydroxylation sites is 1. The first-order chi connectivity index (χ1) is 15.9. The van der Waals surface area contributed by atoms with Gasteiger partial charge >= 0.3 is 5.97 Å². The van der Waals surface area contributed by atoms with Crippen molar-refractivity contribution >= 4 is 21.7 Å². The van der Waals surface area contributed by atoms with Crippen LogP contribution in [0.4, 0.5) is 5.69 Å². The lowest BCUT2D eigenvalue weighted by Crippen LogP contribution is -2.26. The average Bonchev–Trinajstić information content (AvgIpc) is 2.80. The summed E-state index contributed by atoms with van der Waals surface area (Å²) < 4.78 is 40.6. The topological polar surface area (TPSA) is 93.7 Å². The van der Waals surface area contributed by atoms with Crippen molar-refractivity contribution in [1.29, 1.82) is 0 Å². The van der Waals surface area contributed by atoms with Gasteiger partial charge in [-0.1, -0.05) is 58.2 Å². The molecule has 0 unspecified atom stereocenters. The summed E-state index contributed by atoms with van der Waals surface area (Å²) >= 11 is 0. The van der Waals surface area contributed by atoms with Gasteiger partial charge in [-0.25, -0.2) is 17.9 Å². The van der Waals surface area contributed by atoms with E-state index in [0.717, 1.165) is 32.1 Å². The molecule has 0 radical (unpaired) electrons. The minimum atomic E-state index is -3.94. The van der Waals surface area contributed by atoms with Gasteiger partial charge in [-0.2, -0.15) is 0 Å². The summed E-state index contributed by atoms with van der Waals surface area (Å²) in [7, 11) is -3.94. The SMILES string of the molecule is CCCCNc1cc(C(=O)OCCCC)cc(S(=O)(=O)NCCCC)c1Oc1ccccc1. The molecular weight excluding hydrogens is 440 g/mol. The Morgan fingerprint density at radius 1 is 0.909 bits per heavy atom. The Morgan fingerprint density at radius 2 is 1.58 bits per heavy atom. The lowest BCUT2D eigenvalue weighted by Gasteiger charge is -2.19. The number of hydrogen-bond acceptors (Lipinski definition) is 6. The summed E-state index contributed by atoms with van der Waals surface area (Å²) in [6, 6.07) is 11.9. The second kappa shape index (κ2) is 13.9. The van der Waals surface area contributed by atoms with Gasteiger partial charge in [0.2, 0.25) is 10.0 Å². The summed E-state index contributed by atoms with van der Waals surface area (Å²) in [5.74, 6) is 0.101. The Morgan fingerprint density at radius 3 is 2.24 bits per heavy atom. The minimum Gasteiger partial charge on any atom is -0.462 e. The molecule has 0 aliphatic carbocycles. The molecular formula is C25H36N2O5S. The molecule has 0 amide bonds. The molecule has 0 atom stereocenters. The Labute approximate surface area is 197 Å². The van der Waals surface area contributed by atoms with Crippen LogP contribution in [0.2, 0.25) is 0 Å². The molecule has 2 rings (SSSR count). The van der Waals surface area contributed by atoms with Crippen LogP contribution in [0.25, 0.3) is 0 Å². The zero-order chi connectivity index (χ0) is 24.1. The molecule has 0 fully saturated rings. The minimum absolute atomic E-state index is 0.0913. The largest absolute Gasteiger partial charge is 0.462 e. The van der Waals surface area contributed by atoms with Crippen LogP contribution >= 0.6 is 0 Å². The number of benzene rings is 2. The highest BCUT2D eigenvalue weighted by molar-refractivity contribution is 7.89. The third kappa shape index (κ3) is 8.37. The molecule has 182 valence electrons. The molecule has 0 saturated carbocycles. The highest BCUT2D eigenvalue weighted by Crippen LogP contribution is 2.38. The number of nitrogens with one attached hydrogen (secondary N) is 2. The van der Waals surface area contributed by atoms with Gasteiger partial charge in [0.05, 0.1) is 17.9 Å². The van der Waals surface area contributed by atoms with E-state index in [9.17, 15) is 13.2 Å². The predicted molar refractivity (Wildman–Crippen MR) is 132 cm³/mol. The molecule has 0 aliphatic heterocycles. The molecule has 0 bridgehead atoms. The van der Waals surface area contributed by atoms with Crippen LogP contribution in [-0.4, -0.2) is 34.1 Å². The van der Waals surface area contributed by atoms with Crippen molar-refractivity contribution < 1.29 is 22.7 Å². The molecule has 0 spiro atoms. The number of ether oxygens (including phenoxy) is 2. The fraction of sp³-hybridized carbons (Fsp3) is 0.480. The number of esters is 1. The van der Waals surface area contributed by atoms with E-state index in [0.29, 0.717) is 30.9 Å². The van der Waals surface area contributed by atoms with E-state index in [-0.39, 0.29) is 22.8 Å². The Hall–Kier alpha value is -2.58. The van der Waals surface area contributed by atoms with Gasteiger partial charge in [0.25, 0.3) is 0 Å². The van der Waals surface area contributed by atoms with Crippen LogP contribution in [0.1, 0.15) is 69.7 Å². The summed E-state index contributed by atoms with van der Waals surface area (Å²) in [5, 5.41) is 3.25. The molecule has 0 saturated heterocycles. The lowest BCUT2D eigenvalue weighted by molar-refractivity contribution is 0.0499. The average molecular weight is 477 g/mol. The third-order valence-corrected chi connectivity index (χ3v) is 6.41. The van der Waals surface area contributed by atoms with Crippen LogP contribution in [0.3, 0.4) is 0 Å². The molecule has 33 heavy (non-hydrogen) atoms. The zero-order valence-electron chi connectivity index (χ0n) is 19.9. The Kier molecular flexibility index (Phi) is 11.2. The smallest absolute Gasteiger partial charge is 0.338 e. The summed E-state index contributed by atoms with van der Waals surface area (Å²) in [6.45, 7) is 7.25. The maximum atomic E-state index is 13.3. The van der Waals surface area contributed by atoms with Crippen molar-refractivity contribution in [3.63, 3.8) is 0 Å². The van der Waals surface area contributed by atoms with Gasteiger partial charge in [0, 0.05) is 13.1 Å². The van der Waals surface area contributed by atoms with Crippen molar-refractivity contribution in [2.24, 2.45) is 0 Å². The maximum absolute atomic E-state index is 13.3. The van der Waals surface area contributed by atoms with Crippen molar-refractivity contribution in [2.75, 3.05) is 25.0 Å². The first kappa shape index (κ1) is 26.7. The van der Waals surface area contributed by atoms with E-state index >= 15 is 0 Å². The van der Waals surface area contributed by atoms with Crippen LogP contribution < -0.4 is 14.8 Å². The van der Waals surface area contributed by atoms with Gasteiger partial charge in [0.15, 0.2) is 5.75 Å². The number of carbonyl (C=O) groups is 1. The quantitative estimate of drug-likeness (QED) is 0.252. The van der Waals surface area contributed by atoms with E-state index in [1.165, 1.54) is 6.07 Å². The number of sulfonamides is 1. The number of unbranched alkanes of at least 4 members (excludes halogenated alkanes) is 3. The highest BCUT2D eigenvalue weighted by Gasteiger charge is 2.26. The monoisotopic (exact) mass is 476 g/mol. The van der Waals surface area contributed by atoms with Gasteiger partial charge in [-0.05, 0) is 43.5 Å². The number of anilines is 1. The third-order valence-electron chi connectivity index (χ3n) is 4.94. The standard InChI is InChI=1S/C25H36N2O5S/c1-4-7-15-26-22-18-20(25(28)31-17-9-6-3)19-23(33(29,30)27-16-8-5-2)24(22)32-21-13-11-10-12-14-21/h10-14,18-19,26-27H,4-9,15-17H2,1-3H3. The first-order valence-electron chi connectivity index (χ1n) is 11.7.